The fourth-order valence-corrected chi connectivity index (χ4v) is 4.40. The van der Waals surface area contributed by atoms with E-state index in [1.165, 1.54) is 6.07 Å². The minimum atomic E-state index is -1.06. The number of anilines is 4. The summed E-state index contributed by atoms with van der Waals surface area (Å²) in [6, 6.07) is 13.6. The van der Waals surface area contributed by atoms with Gasteiger partial charge in [0.2, 0.25) is 5.89 Å². The van der Waals surface area contributed by atoms with Gasteiger partial charge in [-0.05, 0) is 43.3 Å². The molecule has 2 aromatic heterocycles. The smallest absolute Gasteiger partial charge is 0.337 e. The number of hydrogen-bond acceptors (Lipinski definition) is 10. The Morgan fingerprint density at radius 2 is 1.81 bits per heavy atom. The normalized spacial score (nSPS) is 11.0. The molecule has 0 spiro atoms. The Morgan fingerprint density at radius 1 is 1.02 bits per heavy atom. The van der Waals surface area contributed by atoms with Crippen molar-refractivity contribution in [2.75, 3.05) is 55.5 Å². The summed E-state index contributed by atoms with van der Waals surface area (Å²) in [5.74, 6) is 0.233. The number of benzene rings is 2. The van der Waals surface area contributed by atoms with Gasteiger partial charge in [0.05, 0.1) is 61.1 Å². The molecular formula is C29H32Cl2N6O5. The summed E-state index contributed by atoms with van der Waals surface area (Å²) < 4.78 is 16.9. The predicted octanol–water partition coefficient (Wildman–Crippen LogP) is 5.81. The summed E-state index contributed by atoms with van der Waals surface area (Å²) in [4.78, 5) is 20.9. The lowest BCUT2D eigenvalue weighted by Crippen LogP contribution is -2.16. The topological polar surface area (TPSA) is 157 Å². The first kappa shape index (κ1) is 31.1. The number of hydrogen-bond donors (Lipinski definition) is 5. The van der Waals surface area contributed by atoms with E-state index in [0.29, 0.717) is 89.7 Å². The number of aromatic nitrogens is 2. The first-order valence-electron chi connectivity index (χ1n) is 13.2. The van der Waals surface area contributed by atoms with Crippen LogP contribution in [0.3, 0.4) is 0 Å². The average molecular weight is 616 g/mol. The van der Waals surface area contributed by atoms with Crippen LogP contribution in [-0.4, -0.2) is 60.6 Å². The number of aromatic carboxylic acids is 1. The fraction of sp³-hybridized carbons (Fsp3) is 0.276. The Bertz CT molecular complexity index is 1500. The van der Waals surface area contributed by atoms with Crippen LogP contribution in [0.2, 0.25) is 10.0 Å². The molecular weight excluding hydrogens is 583 g/mol. The van der Waals surface area contributed by atoms with Gasteiger partial charge in [-0.3, -0.25) is 0 Å². The third kappa shape index (κ3) is 8.57. The summed E-state index contributed by atoms with van der Waals surface area (Å²) in [5, 5.41) is 20.6. The summed E-state index contributed by atoms with van der Waals surface area (Å²) in [7, 11) is 0. The monoisotopic (exact) mass is 614 g/mol. The van der Waals surface area contributed by atoms with Gasteiger partial charge < -0.3 is 40.7 Å². The number of nitrogens with two attached hydrogens (primary N) is 1. The van der Waals surface area contributed by atoms with Crippen LogP contribution < -0.4 is 21.7 Å². The highest BCUT2D eigenvalue weighted by atomic mass is 35.5. The Balaban J connectivity index is 1.55. The quantitative estimate of drug-likeness (QED) is 0.0970. The van der Waals surface area contributed by atoms with Crippen molar-refractivity contribution >= 4 is 52.1 Å². The molecule has 0 aliphatic heterocycles. The Morgan fingerprint density at radius 3 is 2.60 bits per heavy atom. The maximum absolute atomic E-state index is 11.8. The van der Waals surface area contributed by atoms with Crippen LogP contribution in [0, 0.1) is 6.92 Å². The minimum Gasteiger partial charge on any atom is -0.478 e. The highest BCUT2D eigenvalue weighted by molar-refractivity contribution is 6.35. The maximum Gasteiger partial charge on any atom is 0.337 e. The molecule has 11 nitrogen and oxygen atoms in total. The molecule has 0 amide bonds. The fourth-order valence-electron chi connectivity index (χ4n) is 4.02. The van der Waals surface area contributed by atoms with Gasteiger partial charge in [-0.2, -0.15) is 0 Å². The van der Waals surface area contributed by atoms with E-state index in [0.717, 1.165) is 5.69 Å². The molecule has 0 aliphatic carbocycles. The number of carboxylic acids is 1. The maximum atomic E-state index is 11.8. The molecule has 2 aromatic carbocycles. The lowest BCUT2D eigenvalue weighted by Gasteiger charge is -2.19. The molecule has 0 saturated carbocycles. The van der Waals surface area contributed by atoms with Crippen molar-refractivity contribution in [2.24, 2.45) is 5.73 Å². The van der Waals surface area contributed by atoms with E-state index in [1.807, 2.05) is 13.0 Å². The van der Waals surface area contributed by atoms with Crippen molar-refractivity contribution in [2.45, 2.75) is 13.5 Å². The van der Waals surface area contributed by atoms with Crippen molar-refractivity contribution < 1.29 is 23.8 Å². The molecule has 6 N–H and O–H groups in total. The number of aryl methyl sites for hydroxylation is 1. The molecule has 222 valence electrons. The first-order chi connectivity index (χ1) is 20.4. The number of para-hydroxylation sites is 1. The number of ether oxygens (including phenoxy) is 2. The Kier molecular flexibility index (Phi) is 11.4. The van der Waals surface area contributed by atoms with E-state index in [4.69, 9.17) is 42.8 Å². The Hall–Kier alpha value is -3.87. The molecule has 4 rings (SSSR count). The van der Waals surface area contributed by atoms with Crippen LogP contribution >= 0.6 is 23.2 Å². The lowest BCUT2D eigenvalue weighted by atomic mass is 10.1. The second-order valence-electron chi connectivity index (χ2n) is 9.05. The predicted molar refractivity (Wildman–Crippen MR) is 164 cm³/mol. The number of oxazole rings is 1. The number of pyridine rings is 1. The van der Waals surface area contributed by atoms with Gasteiger partial charge in [0.25, 0.3) is 0 Å². The number of rotatable bonds is 16. The molecule has 0 fully saturated rings. The SMILES string of the molecule is Cc1cc(NCCOCCOCCN)c(NCc2ncc(-c3cc(Cl)ccc3Cl)o2)c(Nc2ccccc2C(=O)O)n1. The van der Waals surface area contributed by atoms with E-state index in [1.54, 1.807) is 42.6 Å². The zero-order chi connectivity index (χ0) is 29.9. The largest absolute Gasteiger partial charge is 0.478 e. The second-order valence-corrected chi connectivity index (χ2v) is 9.89. The van der Waals surface area contributed by atoms with Crippen molar-refractivity contribution in [3.8, 4) is 11.3 Å². The zero-order valence-corrected chi connectivity index (χ0v) is 24.5. The summed E-state index contributed by atoms with van der Waals surface area (Å²) in [6.07, 6.45) is 1.58. The van der Waals surface area contributed by atoms with Gasteiger partial charge in [0.1, 0.15) is 5.69 Å². The molecule has 0 radical (unpaired) electrons. The van der Waals surface area contributed by atoms with Gasteiger partial charge in [-0.25, -0.2) is 14.8 Å². The average Bonchev–Trinajstić information content (AvgIpc) is 3.44. The van der Waals surface area contributed by atoms with Gasteiger partial charge in [-0.1, -0.05) is 35.3 Å². The van der Waals surface area contributed by atoms with Crippen molar-refractivity contribution in [3.05, 3.63) is 81.9 Å². The van der Waals surface area contributed by atoms with Gasteiger partial charge >= 0.3 is 5.97 Å². The zero-order valence-electron chi connectivity index (χ0n) is 23.0. The lowest BCUT2D eigenvalue weighted by molar-refractivity contribution is 0.0548. The van der Waals surface area contributed by atoms with Crippen LogP contribution in [0.1, 0.15) is 21.9 Å². The van der Waals surface area contributed by atoms with E-state index in [9.17, 15) is 9.90 Å². The summed E-state index contributed by atoms with van der Waals surface area (Å²) in [6.45, 7) is 4.85. The Labute approximate surface area is 253 Å². The summed E-state index contributed by atoms with van der Waals surface area (Å²) in [5.41, 5.74) is 8.59. The number of halogens is 2. The highest BCUT2D eigenvalue weighted by Gasteiger charge is 2.17. The molecule has 2 heterocycles. The van der Waals surface area contributed by atoms with Gasteiger partial charge in [0, 0.05) is 29.4 Å². The van der Waals surface area contributed by atoms with E-state index in [-0.39, 0.29) is 12.1 Å². The molecule has 0 unspecified atom stereocenters. The van der Waals surface area contributed by atoms with E-state index >= 15 is 0 Å². The van der Waals surface area contributed by atoms with Crippen molar-refractivity contribution in [3.63, 3.8) is 0 Å². The standard InChI is InChI=1S/C29H32Cl2N6O5/c1-18-14-24(33-9-11-41-13-12-40-10-8-32)27(28(36-18)37-23-5-3-2-4-20(23)29(38)39)35-17-26-34-16-25(42-26)21-15-19(30)6-7-22(21)31/h2-7,14-16,35H,8-13,17,32H2,1H3,(H,38,39)(H2,33,36,37). The molecule has 42 heavy (non-hydrogen) atoms. The van der Waals surface area contributed by atoms with E-state index in [2.05, 4.69) is 25.9 Å². The van der Waals surface area contributed by atoms with Crippen LogP contribution in [0.25, 0.3) is 11.3 Å². The number of carboxylic acid groups (broad SMARTS) is 1. The molecule has 4 aromatic rings. The van der Waals surface area contributed by atoms with Crippen LogP contribution in [0.15, 0.2) is 59.1 Å². The van der Waals surface area contributed by atoms with E-state index < -0.39 is 5.97 Å². The van der Waals surface area contributed by atoms with Crippen LogP contribution in [0.4, 0.5) is 22.9 Å². The molecule has 13 heteroatoms. The molecule has 0 aliphatic rings. The number of nitrogens with zero attached hydrogens (tertiary/aromatic N) is 2. The number of carbonyl (C=O) groups is 1. The third-order valence-electron chi connectivity index (χ3n) is 5.92. The van der Waals surface area contributed by atoms with Crippen LogP contribution in [-0.2, 0) is 16.0 Å². The van der Waals surface area contributed by atoms with Gasteiger partial charge in [0.15, 0.2) is 11.6 Å². The third-order valence-corrected chi connectivity index (χ3v) is 6.48. The first-order valence-corrected chi connectivity index (χ1v) is 14.0. The minimum absolute atomic E-state index is 0.113. The van der Waals surface area contributed by atoms with Gasteiger partial charge in [-0.15, -0.1) is 0 Å². The summed E-state index contributed by atoms with van der Waals surface area (Å²) >= 11 is 12.5. The molecule has 0 atom stereocenters. The molecule has 0 saturated heterocycles. The van der Waals surface area contributed by atoms with Crippen molar-refractivity contribution in [1.29, 1.82) is 0 Å². The highest BCUT2D eigenvalue weighted by Crippen LogP contribution is 2.35. The second kappa shape index (κ2) is 15.4. The van der Waals surface area contributed by atoms with Crippen molar-refractivity contribution in [1.82, 2.24) is 9.97 Å². The van der Waals surface area contributed by atoms with Crippen LogP contribution in [0.5, 0.6) is 0 Å². The molecule has 0 bridgehead atoms. The number of nitrogens with one attached hydrogen (secondary N) is 3.